The summed E-state index contributed by atoms with van der Waals surface area (Å²) in [4.78, 5) is 4.07. The summed E-state index contributed by atoms with van der Waals surface area (Å²) in [6.07, 6.45) is 0. The molecule has 108 valence electrons. The van der Waals surface area contributed by atoms with Gasteiger partial charge in [-0.05, 0) is 31.2 Å². The second-order valence-corrected chi connectivity index (χ2v) is 7.90. The highest BCUT2D eigenvalue weighted by molar-refractivity contribution is 8.01. The molecule has 0 radical (unpaired) electrons. The molecule has 1 aromatic carbocycles. The van der Waals surface area contributed by atoms with Crippen molar-refractivity contribution in [1.29, 1.82) is 0 Å². The molecule has 0 atom stereocenters. The zero-order valence-electron chi connectivity index (χ0n) is 10.0. The molecule has 0 spiro atoms. The number of aryl methyl sites for hydroxylation is 1. The number of sulfone groups is 1. The molecule has 3 nitrogen and oxygen atoms in total. The van der Waals surface area contributed by atoms with Gasteiger partial charge < -0.3 is 0 Å². The number of hydrogen-bond acceptors (Lipinski definition) is 5. The third kappa shape index (κ3) is 3.15. The zero-order valence-corrected chi connectivity index (χ0v) is 12.5. The van der Waals surface area contributed by atoms with Crippen molar-refractivity contribution in [2.45, 2.75) is 26.6 Å². The summed E-state index contributed by atoms with van der Waals surface area (Å²) in [6, 6.07) is 4.57. The van der Waals surface area contributed by atoms with Gasteiger partial charge in [0.2, 0.25) is 0 Å². The molecule has 0 aliphatic carbocycles. The van der Waals surface area contributed by atoms with E-state index in [4.69, 9.17) is 0 Å². The fourth-order valence-electron chi connectivity index (χ4n) is 1.30. The zero-order chi connectivity index (χ0) is 15.0. The van der Waals surface area contributed by atoms with Crippen molar-refractivity contribution in [2.75, 3.05) is 0 Å². The number of nitrogens with zero attached hydrogens (tertiary/aromatic N) is 1. The molecule has 20 heavy (non-hydrogen) atoms. The number of hydrogen-bond donors (Lipinski definition) is 0. The topological polar surface area (TPSA) is 47.0 Å². The van der Waals surface area contributed by atoms with Crippen molar-refractivity contribution >= 4 is 32.9 Å². The lowest BCUT2D eigenvalue weighted by molar-refractivity contribution is -0.0436. The lowest BCUT2D eigenvalue weighted by Gasteiger charge is -2.08. The molecule has 2 aromatic rings. The van der Waals surface area contributed by atoms with Crippen LogP contribution in [0.25, 0.3) is 0 Å². The predicted octanol–water partition coefficient (Wildman–Crippen LogP) is 3.90. The maximum atomic E-state index is 12.4. The van der Waals surface area contributed by atoms with Gasteiger partial charge in [0, 0.05) is 16.0 Å². The van der Waals surface area contributed by atoms with Crippen LogP contribution in [0.4, 0.5) is 13.2 Å². The molecule has 0 N–H and O–H groups in total. The van der Waals surface area contributed by atoms with Crippen LogP contribution in [0.5, 0.6) is 0 Å². The van der Waals surface area contributed by atoms with E-state index in [1.54, 1.807) is 0 Å². The van der Waals surface area contributed by atoms with Crippen LogP contribution in [0.15, 0.2) is 43.8 Å². The molecule has 1 heterocycles. The van der Waals surface area contributed by atoms with Crippen molar-refractivity contribution in [3.63, 3.8) is 0 Å². The average Bonchev–Trinajstić information content (AvgIpc) is 2.74. The Hall–Kier alpha value is -1.06. The molecular formula is C11H8F3NO2S3. The average molecular weight is 339 g/mol. The molecule has 1 aromatic heterocycles. The van der Waals surface area contributed by atoms with Gasteiger partial charge in [0.05, 0.1) is 4.90 Å². The van der Waals surface area contributed by atoms with Gasteiger partial charge in [-0.1, -0.05) is 11.8 Å². The van der Waals surface area contributed by atoms with Crippen molar-refractivity contribution in [3.05, 3.63) is 35.3 Å². The molecule has 0 aliphatic rings. The summed E-state index contributed by atoms with van der Waals surface area (Å²) in [5, 5.41) is 1.85. The summed E-state index contributed by atoms with van der Waals surface area (Å²) in [5.74, 6) is 0. The van der Waals surface area contributed by atoms with Crippen molar-refractivity contribution in [1.82, 2.24) is 4.98 Å². The predicted molar refractivity (Wildman–Crippen MR) is 70.7 cm³/mol. The van der Waals surface area contributed by atoms with Crippen LogP contribution >= 0.6 is 23.1 Å². The van der Waals surface area contributed by atoms with Gasteiger partial charge in [-0.3, -0.25) is 0 Å². The Labute approximate surface area is 121 Å². The van der Waals surface area contributed by atoms with Crippen LogP contribution in [0.3, 0.4) is 0 Å². The second-order valence-electron chi connectivity index (χ2n) is 3.78. The van der Waals surface area contributed by atoms with E-state index in [9.17, 15) is 21.6 Å². The molecule has 0 bridgehead atoms. The van der Waals surface area contributed by atoms with Crippen molar-refractivity contribution < 1.29 is 21.6 Å². The quantitative estimate of drug-likeness (QED) is 0.851. The lowest BCUT2D eigenvalue weighted by Crippen LogP contribution is -2.23. The summed E-state index contributed by atoms with van der Waals surface area (Å²) >= 11 is 2.68. The minimum atomic E-state index is -5.28. The number of halogens is 3. The normalized spacial score (nSPS) is 12.6. The monoisotopic (exact) mass is 339 g/mol. The van der Waals surface area contributed by atoms with Crippen molar-refractivity contribution in [3.8, 4) is 0 Å². The smallest absolute Gasteiger partial charge is 0.235 e. The first kappa shape index (κ1) is 15.3. The lowest BCUT2D eigenvalue weighted by atomic mass is 10.4. The van der Waals surface area contributed by atoms with E-state index in [2.05, 4.69) is 4.98 Å². The van der Waals surface area contributed by atoms with Gasteiger partial charge in [0.25, 0.3) is 9.84 Å². The van der Waals surface area contributed by atoms with Gasteiger partial charge in [-0.2, -0.15) is 13.2 Å². The number of aromatic nitrogens is 1. The highest BCUT2D eigenvalue weighted by Gasteiger charge is 2.46. The highest BCUT2D eigenvalue weighted by Crippen LogP contribution is 2.33. The summed E-state index contributed by atoms with van der Waals surface area (Å²) in [6.45, 7) is 1.83. The maximum Gasteiger partial charge on any atom is 0.501 e. The number of alkyl halides is 3. The molecule has 0 unspecified atom stereocenters. The number of benzene rings is 1. The van der Waals surface area contributed by atoms with Gasteiger partial charge >= 0.3 is 5.51 Å². The summed E-state index contributed by atoms with van der Waals surface area (Å²) in [7, 11) is -5.28. The van der Waals surface area contributed by atoms with Crippen LogP contribution in [-0.2, 0) is 9.84 Å². The maximum absolute atomic E-state index is 12.4. The first-order valence-corrected chi connectivity index (χ1v) is 8.39. The largest absolute Gasteiger partial charge is 0.501 e. The Morgan fingerprint density at radius 2 is 1.80 bits per heavy atom. The van der Waals surface area contributed by atoms with E-state index >= 15 is 0 Å². The molecule has 0 saturated heterocycles. The van der Waals surface area contributed by atoms with Crippen LogP contribution in [0.1, 0.15) is 5.69 Å². The standard InChI is InChI=1S/C11H8F3NO2S3/c1-7-6-18-10(15-7)19-8-2-4-9(5-3-8)20(16,17)11(12,13)14/h2-6H,1H3. The van der Waals surface area contributed by atoms with Gasteiger partial charge in [0.15, 0.2) is 4.34 Å². The Kier molecular flexibility index (Phi) is 4.12. The first-order valence-electron chi connectivity index (χ1n) is 5.21. The second kappa shape index (κ2) is 5.38. The molecule has 0 aliphatic heterocycles. The third-order valence-electron chi connectivity index (χ3n) is 2.24. The molecule has 0 fully saturated rings. The Morgan fingerprint density at radius 3 is 2.25 bits per heavy atom. The fourth-order valence-corrected chi connectivity index (χ4v) is 3.87. The Bertz CT molecular complexity index is 705. The summed E-state index contributed by atoms with van der Waals surface area (Å²) < 4.78 is 60.2. The molecule has 0 amide bonds. The van der Waals surface area contributed by atoms with Crippen LogP contribution in [0, 0.1) is 6.92 Å². The molecule has 2 rings (SSSR count). The minimum absolute atomic E-state index is 0.625. The molecule has 0 saturated carbocycles. The first-order chi connectivity index (χ1) is 9.20. The third-order valence-corrected chi connectivity index (χ3v) is 5.81. The Morgan fingerprint density at radius 1 is 1.20 bits per heavy atom. The Balaban J connectivity index is 2.23. The molecule has 9 heteroatoms. The van der Waals surface area contributed by atoms with E-state index in [1.807, 2.05) is 12.3 Å². The SMILES string of the molecule is Cc1csc(Sc2ccc(S(=O)(=O)C(F)(F)F)cc2)n1. The minimum Gasteiger partial charge on any atom is -0.235 e. The van der Waals surface area contributed by atoms with E-state index in [0.717, 1.165) is 22.2 Å². The number of thiazole rings is 1. The van der Waals surface area contributed by atoms with Crippen LogP contribution < -0.4 is 0 Å². The van der Waals surface area contributed by atoms with Crippen LogP contribution in [-0.4, -0.2) is 18.9 Å². The van der Waals surface area contributed by atoms with Gasteiger partial charge in [-0.15, -0.1) is 11.3 Å². The van der Waals surface area contributed by atoms with Crippen molar-refractivity contribution in [2.24, 2.45) is 0 Å². The van der Waals surface area contributed by atoms with E-state index in [-0.39, 0.29) is 0 Å². The van der Waals surface area contributed by atoms with E-state index in [0.29, 0.717) is 4.90 Å². The number of rotatable bonds is 3. The summed E-state index contributed by atoms with van der Waals surface area (Å²) in [5.41, 5.74) is -4.43. The van der Waals surface area contributed by atoms with E-state index in [1.165, 1.54) is 35.2 Å². The van der Waals surface area contributed by atoms with E-state index < -0.39 is 20.2 Å². The van der Waals surface area contributed by atoms with Crippen LogP contribution in [0.2, 0.25) is 0 Å². The molecular weight excluding hydrogens is 331 g/mol. The fraction of sp³-hybridized carbons (Fsp3) is 0.182. The van der Waals surface area contributed by atoms with Gasteiger partial charge in [-0.25, -0.2) is 13.4 Å². The van der Waals surface area contributed by atoms with Gasteiger partial charge in [0.1, 0.15) is 0 Å². The highest BCUT2D eigenvalue weighted by atomic mass is 32.2.